The van der Waals surface area contributed by atoms with Crippen molar-refractivity contribution in [3.05, 3.63) is 0 Å². The van der Waals surface area contributed by atoms with Gasteiger partial charge in [-0.05, 0) is 65.6 Å². The number of likely N-dealkylation sites (tertiary alicyclic amines) is 1. The van der Waals surface area contributed by atoms with Gasteiger partial charge in [0.25, 0.3) is 0 Å². The van der Waals surface area contributed by atoms with E-state index in [0.717, 1.165) is 32.4 Å². The Morgan fingerprint density at radius 3 is 2.56 bits per heavy atom. The zero-order valence-electron chi connectivity index (χ0n) is 12.6. The number of nitriles is 1. The van der Waals surface area contributed by atoms with E-state index in [0.29, 0.717) is 5.54 Å². The summed E-state index contributed by atoms with van der Waals surface area (Å²) in [6, 6.07) is 2.48. The summed E-state index contributed by atoms with van der Waals surface area (Å²) >= 11 is 0. The molecule has 1 aliphatic rings. The highest BCUT2D eigenvalue weighted by atomic mass is 15.2. The van der Waals surface area contributed by atoms with Gasteiger partial charge < -0.3 is 0 Å². The number of hydrogen-bond donors (Lipinski definition) is 1. The first-order valence-electron chi connectivity index (χ1n) is 7.41. The highest BCUT2D eigenvalue weighted by Crippen LogP contribution is 2.29. The molecule has 0 bridgehead atoms. The van der Waals surface area contributed by atoms with E-state index in [-0.39, 0.29) is 5.54 Å². The third-order valence-electron chi connectivity index (χ3n) is 4.44. The first kappa shape index (κ1) is 15.5. The minimum absolute atomic E-state index is 0.307. The summed E-state index contributed by atoms with van der Waals surface area (Å²) in [5.41, 5.74) is 0.0539. The summed E-state index contributed by atoms with van der Waals surface area (Å²) in [6.07, 6.45) is 5.58. The molecular weight excluding hydrogens is 222 g/mol. The molecule has 0 aromatic rings. The quantitative estimate of drug-likeness (QED) is 0.756. The Labute approximate surface area is 113 Å². The first-order valence-corrected chi connectivity index (χ1v) is 7.41. The molecule has 0 saturated carbocycles. The molecule has 0 aromatic carbocycles. The summed E-state index contributed by atoms with van der Waals surface area (Å²) in [5, 5.41) is 12.7. The van der Waals surface area contributed by atoms with E-state index in [1.165, 1.54) is 19.4 Å². The molecule has 0 radical (unpaired) electrons. The van der Waals surface area contributed by atoms with Crippen LogP contribution in [0.1, 0.15) is 59.8 Å². The van der Waals surface area contributed by atoms with Crippen LogP contribution in [0.15, 0.2) is 0 Å². The number of nitrogens with zero attached hydrogens (tertiary/aromatic N) is 2. The van der Waals surface area contributed by atoms with Crippen LogP contribution in [-0.2, 0) is 0 Å². The van der Waals surface area contributed by atoms with Crippen molar-refractivity contribution in [1.82, 2.24) is 10.2 Å². The van der Waals surface area contributed by atoms with Gasteiger partial charge in [-0.2, -0.15) is 5.26 Å². The van der Waals surface area contributed by atoms with Crippen molar-refractivity contribution in [2.24, 2.45) is 0 Å². The lowest BCUT2D eigenvalue weighted by atomic mass is 9.91. The second kappa shape index (κ2) is 6.54. The normalized spacial score (nSPS) is 22.6. The number of rotatable bonds is 7. The molecule has 1 atom stereocenters. The monoisotopic (exact) mass is 251 g/mol. The second-order valence-electron chi connectivity index (χ2n) is 6.08. The SMILES string of the molecule is CCNC(C#N)(CC)CCCN1CCCC1(C)C. The van der Waals surface area contributed by atoms with Crippen LogP contribution in [0.25, 0.3) is 0 Å². The molecule has 0 spiro atoms. The van der Waals surface area contributed by atoms with Crippen molar-refractivity contribution >= 4 is 0 Å². The van der Waals surface area contributed by atoms with Crippen molar-refractivity contribution in [2.75, 3.05) is 19.6 Å². The molecule has 0 aromatic heterocycles. The molecule has 1 aliphatic heterocycles. The van der Waals surface area contributed by atoms with Crippen LogP contribution in [0.4, 0.5) is 0 Å². The molecular formula is C15H29N3. The summed E-state index contributed by atoms with van der Waals surface area (Å²) in [7, 11) is 0. The fourth-order valence-electron chi connectivity index (χ4n) is 3.05. The van der Waals surface area contributed by atoms with Gasteiger partial charge in [0.05, 0.1) is 6.07 Å². The van der Waals surface area contributed by atoms with E-state index >= 15 is 0 Å². The number of nitrogens with one attached hydrogen (secondary N) is 1. The molecule has 1 heterocycles. The summed E-state index contributed by atoms with van der Waals surface area (Å²) in [5.74, 6) is 0. The fraction of sp³-hybridized carbons (Fsp3) is 0.933. The second-order valence-corrected chi connectivity index (χ2v) is 6.08. The van der Waals surface area contributed by atoms with Crippen LogP contribution >= 0.6 is 0 Å². The summed E-state index contributed by atoms with van der Waals surface area (Å²) < 4.78 is 0. The Hall–Kier alpha value is -0.590. The lowest BCUT2D eigenvalue weighted by Crippen LogP contribution is -2.44. The molecule has 18 heavy (non-hydrogen) atoms. The van der Waals surface area contributed by atoms with Gasteiger partial charge in [-0.25, -0.2) is 0 Å². The van der Waals surface area contributed by atoms with Gasteiger partial charge in [-0.1, -0.05) is 13.8 Å². The van der Waals surface area contributed by atoms with E-state index in [1.54, 1.807) is 0 Å². The maximum Gasteiger partial charge on any atom is 0.106 e. The molecule has 3 heteroatoms. The van der Waals surface area contributed by atoms with E-state index in [1.807, 2.05) is 0 Å². The summed E-state index contributed by atoms with van der Waals surface area (Å²) in [6.45, 7) is 12.1. The zero-order chi connectivity index (χ0) is 13.6. The van der Waals surface area contributed by atoms with Crippen LogP contribution in [0.2, 0.25) is 0 Å². The average Bonchev–Trinajstić information content (AvgIpc) is 2.68. The van der Waals surface area contributed by atoms with Crippen LogP contribution < -0.4 is 5.32 Å². The topological polar surface area (TPSA) is 39.1 Å². The minimum atomic E-state index is -0.307. The number of hydrogen-bond acceptors (Lipinski definition) is 3. The van der Waals surface area contributed by atoms with Crippen molar-refractivity contribution in [1.29, 1.82) is 5.26 Å². The van der Waals surface area contributed by atoms with Crippen LogP contribution in [0, 0.1) is 11.3 Å². The van der Waals surface area contributed by atoms with Gasteiger partial charge in [0.2, 0.25) is 0 Å². The van der Waals surface area contributed by atoms with Crippen molar-refractivity contribution in [2.45, 2.75) is 70.9 Å². The molecule has 0 amide bonds. The summed E-state index contributed by atoms with van der Waals surface area (Å²) in [4.78, 5) is 2.58. The van der Waals surface area contributed by atoms with Crippen molar-refractivity contribution in [3.8, 4) is 6.07 Å². The third-order valence-corrected chi connectivity index (χ3v) is 4.44. The van der Waals surface area contributed by atoms with Gasteiger partial charge in [-0.15, -0.1) is 0 Å². The smallest absolute Gasteiger partial charge is 0.106 e. The molecule has 1 rings (SSSR count). The highest BCUT2D eigenvalue weighted by molar-refractivity contribution is 5.06. The van der Waals surface area contributed by atoms with Gasteiger partial charge in [0, 0.05) is 5.54 Å². The Bertz CT molecular complexity index is 293. The maximum atomic E-state index is 9.38. The lowest BCUT2D eigenvalue weighted by molar-refractivity contribution is 0.167. The third kappa shape index (κ3) is 3.70. The first-order chi connectivity index (χ1) is 8.49. The predicted octanol–water partition coefficient (Wildman–Crippen LogP) is 2.92. The Kier molecular flexibility index (Phi) is 5.62. The molecule has 0 aliphatic carbocycles. The molecule has 1 saturated heterocycles. The standard InChI is InChI=1S/C15H29N3/c1-5-15(13-16,17-6-2)10-8-12-18-11-7-9-14(18,3)4/h17H,5-12H2,1-4H3. The fourth-order valence-corrected chi connectivity index (χ4v) is 3.05. The zero-order valence-corrected chi connectivity index (χ0v) is 12.6. The van der Waals surface area contributed by atoms with Gasteiger partial charge >= 0.3 is 0 Å². The highest BCUT2D eigenvalue weighted by Gasteiger charge is 2.32. The van der Waals surface area contributed by atoms with Crippen molar-refractivity contribution < 1.29 is 0 Å². The van der Waals surface area contributed by atoms with Crippen LogP contribution in [0.3, 0.4) is 0 Å². The van der Waals surface area contributed by atoms with Gasteiger partial charge in [0.15, 0.2) is 0 Å². The van der Waals surface area contributed by atoms with E-state index in [2.05, 4.69) is 44.0 Å². The van der Waals surface area contributed by atoms with Crippen molar-refractivity contribution in [3.63, 3.8) is 0 Å². The Balaban J connectivity index is 2.42. The van der Waals surface area contributed by atoms with Gasteiger partial charge in [0.1, 0.15) is 5.54 Å². The van der Waals surface area contributed by atoms with E-state index in [9.17, 15) is 5.26 Å². The molecule has 1 fully saturated rings. The largest absolute Gasteiger partial charge is 0.300 e. The van der Waals surface area contributed by atoms with E-state index in [4.69, 9.17) is 0 Å². The Morgan fingerprint density at radius 2 is 2.11 bits per heavy atom. The molecule has 3 nitrogen and oxygen atoms in total. The minimum Gasteiger partial charge on any atom is -0.300 e. The van der Waals surface area contributed by atoms with Crippen LogP contribution in [0.5, 0.6) is 0 Å². The Morgan fingerprint density at radius 1 is 1.39 bits per heavy atom. The van der Waals surface area contributed by atoms with Crippen LogP contribution in [-0.4, -0.2) is 35.6 Å². The maximum absolute atomic E-state index is 9.38. The molecule has 1 unspecified atom stereocenters. The average molecular weight is 251 g/mol. The predicted molar refractivity (Wildman–Crippen MR) is 76.4 cm³/mol. The molecule has 1 N–H and O–H groups in total. The van der Waals surface area contributed by atoms with Gasteiger partial charge in [-0.3, -0.25) is 10.2 Å². The lowest BCUT2D eigenvalue weighted by Gasteiger charge is -2.33. The van der Waals surface area contributed by atoms with E-state index < -0.39 is 0 Å². The molecule has 104 valence electrons.